The summed E-state index contributed by atoms with van der Waals surface area (Å²) in [4.78, 5) is 40.6. The standard InChI is InChI=1S/C32H33ClF3N3O6/c1-43-30-12-20(5-6-28(30)44-18-21-3-2-4-22(33)11-21)17-38-31(41)25-13-29(45-24(15-34)16-35)26(36)14-27(25)39(32(38)42)23-7-9-37(19-40)10-8-23/h3,5-6,11-14,19,23-24H,2,4,7-10,15-18H2,1H3. The minimum absolute atomic E-state index is 0.0280. The van der Waals surface area contributed by atoms with E-state index in [0.29, 0.717) is 43.0 Å². The topological polar surface area (TPSA) is 92.0 Å². The number of methoxy groups -OCH3 is 1. The molecule has 3 aromatic rings. The number of hydrogen-bond acceptors (Lipinski definition) is 6. The summed E-state index contributed by atoms with van der Waals surface area (Å²) in [5.74, 6) is -0.627. The molecule has 1 aliphatic carbocycles. The SMILES string of the molecule is COc1cc(Cn2c(=O)c3cc(OC(CF)CF)c(F)cc3n(C3CCN(C=O)CC3)c2=O)ccc1OCC1=CCCC(Cl)=C1. The largest absolute Gasteiger partial charge is 0.493 e. The van der Waals surface area contributed by atoms with Gasteiger partial charge in [0.05, 0.1) is 24.6 Å². The van der Waals surface area contributed by atoms with Crippen LogP contribution in [-0.4, -0.2) is 66.7 Å². The minimum atomic E-state index is -1.55. The molecule has 1 saturated heterocycles. The highest BCUT2D eigenvalue weighted by Gasteiger charge is 2.26. The van der Waals surface area contributed by atoms with Crippen LogP contribution in [0, 0.1) is 5.82 Å². The Balaban J connectivity index is 1.54. The quantitative estimate of drug-likeness (QED) is 0.255. The number of allylic oxidation sites excluding steroid dienone is 2. The van der Waals surface area contributed by atoms with Gasteiger partial charge in [0.2, 0.25) is 6.41 Å². The third-order valence-corrected chi connectivity index (χ3v) is 8.27. The van der Waals surface area contributed by atoms with Crippen LogP contribution in [0.5, 0.6) is 17.2 Å². The number of carbonyl (C=O) groups is 1. The maximum absolute atomic E-state index is 15.2. The maximum Gasteiger partial charge on any atom is 0.332 e. The van der Waals surface area contributed by atoms with Gasteiger partial charge in [-0.05, 0) is 61.1 Å². The number of benzene rings is 2. The van der Waals surface area contributed by atoms with Gasteiger partial charge in [-0.25, -0.2) is 18.0 Å². The van der Waals surface area contributed by atoms with Crippen LogP contribution in [0.2, 0.25) is 0 Å². The smallest absolute Gasteiger partial charge is 0.332 e. The van der Waals surface area contributed by atoms with Gasteiger partial charge in [-0.15, -0.1) is 0 Å². The van der Waals surface area contributed by atoms with E-state index in [9.17, 15) is 23.2 Å². The van der Waals surface area contributed by atoms with Crippen molar-refractivity contribution in [3.05, 3.63) is 85.3 Å². The lowest BCUT2D eigenvalue weighted by molar-refractivity contribution is -0.119. The molecule has 5 rings (SSSR count). The Hall–Kier alpha value is -4.19. The number of piperidine rings is 1. The number of alkyl halides is 2. The Bertz CT molecular complexity index is 1740. The monoisotopic (exact) mass is 647 g/mol. The van der Waals surface area contributed by atoms with Crippen molar-refractivity contribution in [3.63, 3.8) is 0 Å². The molecule has 0 bridgehead atoms. The van der Waals surface area contributed by atoms with E-state index in [2.05, 4.69) is 0 Å². The summed E-state index contributed by atoms with van der Waals surface area (Å²) in [6.45, 7) is -1.54. The maximum atomic E-state index is 15.2. The number of amides is 1. The second kappa shape index (κ2) is 14.3. The molecule has 240 valence electrons. The molecule has 45 heavy (non-hydrogen) atoms. The lowest BCUT2D eigenvalue weighted by Gasteiger charge is -2.31. The average molecular weight is 648 g/mol. The highest BCUT2D eigenvalue weighted by Crippen LogP contribution is 2.31. The van der Waals surface area contributed by atoms with Crippen LogP contribution in [0.15, 0.2) is 62.7 Å². The number of hydrogen-bond donors (Lipinski definition) is 0. The Kier molecular flexibility index (Phi) is 10.2. The molecule has 0 radical (unpaired) electrons. The molecule has 1 aromatic heterocycles. The van der Waals surface area contributed by atoms with Crippen LogP contribution >= 0.6 is 11.6 Å². The molecule has 0 spiro atoms. The average Bonchev–Trinajstić information content (AvgIpc) is 3.05. The first-order valence-electron chi connectivity index (χ1n) is 14.6. The number of halogens is 4. The molecule has 0 N–H and O–H groups in total. The highest BCUT2D eigenvalue weighted by molar-refractivity contribution is 6.29. The number of ether oxygens (including phenoxy) is 3. The Morgan fingerprint density at radius 1 is 1.07 bits per heavy atom. The fourth-order valence-electron chi connectivity index (χ4n) is 5.60. The Morgan fingerprint density at radius 3 is 2.49 bits per heavy atom. The zero-order valence-corrected chi connectivity index (χ0v) is 25.4. The normalized spacial score (nSPS) is 15.6. The van der Waals surface area contributed by atoms with E-state index in [0.717, 1.165) is 46.6 Å². The Labute approximate surface area is 262 Å². The van der Waals surface area contributed by atoms with Crippen LogP contribution in [0.3, 0.4) is 0 Å². The van der Waals surface area contributed by atoms with Crippen LogP contribution < -0.4 is 25.5 Å². The summed E-state index contributed by atoms with van der Waals surface area (Å²) in [5.41, 5.74) is 0.116. The molecule has 1 aliphatic heterocycles. The van der Waals surface area contributed by atoms with E-state index in [1.807, 2.05) is 12.2 Å². The fourth-order valence-corrected chi connectivity index (χ4v) is 5.85. The number of aromatic nitrogens is 2. The lowest BCUT2D eigenvalue weighted by Crippen LogP contribution is -2.44. The predicted molar refractivity (Wildman–Crippen MR) is 164 cm³/mol. The van der Waals surface area contributed by atoms with Gasteiger partial charge in [-0.3, -0.25) is 18.7 Å². The number of fused-ring (bicyclic) bond motifs is 1. The lowest BCUT2D eigenvalue weighted by atomic mass is 10.0. The van der Waals surface area contributed by atoms with Crippen LogP contribution in [0.1, 0.15) is 37.3 Å². The van der Waals surface area contributed by atoms with E-state index in [-0.39, 0.29) is 24.1 Å². The third kappa shape index (κ3) is 7.06. The molecule has 0 atom stereocenters. The van der Waals surface area contributed by atoms with Crippen molar-refractivity contribution in [2.75, 3.05) is 40.2 Å². The van der Waals surface area contributed by atoms with Crippen LogP contribution in [0.4, 0.5) is 13.2 Å². The molecular weight excluding hydrogens is 615 g/mol. The fraction of sp³-hybridized carbons (Fsp3) is 0.406. The van der Waals surface area contributed by atoms with Crippen molar-refractivity contribution in [1.82, 2.24) is 14.0 Å². The van der Waals surface area contributed by atoms with Crippen molar-refractivity contribution in [3.8, 4) is 17.2 Å². The van der Waals surface area contributed by atoms with Crippen LogP contribution in [0.25, 0.3) is 10.9 Å². The molecule has 0 saturated carbocycles. The highest BCUT2D eigenvalue weighted by atomic mass is 35.5. The minimum Gasteiger partial charge on any atom is -0.493 e. The first kappa shape index (κ1) is 32.2. The zero-order valence-electron chi connectivity index (χ0n) is 24.6. The molecule has 9 nitrogen and oxygen atoms in total. The van der Waals surface area contributed by atoms with E-state index in [4.69, 9.17) is 25.8 Å². The summed E-state index contributed by atoms with van der Waals surface area (Å²) >= 11 is 6.15. The Morgan fingerprint density at radius 2 is 1.82 bits per heavy atom. The number of carbonyl (C=O) groups excluding carboxylic acids is 1. The van der Waals surface area contributed by atoms with E-state index in [1.165, 1.54) is 11.7 Å². The van der Waals surface area contributed by atoms with Gasteiger partial charge >= 0.3 is 5.69 Å². The van der Waals surface area contributed by atoms with Crippen molar-refractivity contribution < 1.29 is 32.2 Å². The van der Waals surface area contributed by atoms with Gasteiger partial charge < -0.3 is 19.1 Å². The van der Waals surface area contributed by atoms with Crippen molar-refractivity contribution in [2.24, 2.45) is 0 Å². The third-order valence-electron chi connectivity index (χ3n) is 7.97. The second-order valence-corrected chi connectivity index (χ2v) is 11.4. The van der Waals surface area contributed by atoms with E-state index < -0.39 is 48.3 Å². The summed E-state index contributed by atoms with van der Waals surface area (Å²) in [7, 11) is 1.47. The van der Waals surface area contributed by atoms with Gasteiger partial charge in [0.15, 0.2) is 29.2 Å². The van der Waals surface area contributed by atoms with Gasteiger partial charge in [0.25, 0.3) is 5.56 Å². The van der Waals surface area contributed by atoms with Gasteiger partial charge in [-0.1, -0.05) is 23.7 Å². The summed E-state index contributed by atoms with van der Waals surface area (Å²) in [6.07, 6.45) is 5.50. The second-order valence-electron chi connectivity index (χ2n) is 10.9. The van der Waals surface area contributed by atoms with Crippen molar-refractivity contribution in [2.45, 2.75) is 44.4 Å². The van der Waals surface area contributed by atoms with Crippen LogP contribution in [-0.2, 0) is 11.3 Å². The molecule has 13 heteroatoms. The molecule has 1 amide bonds. The van der Waals surface area contributed by atoms with Crippen molar-refractivity contribution in [1.29, 1.82) is 0 Å². The van der Waals surface area contributed by atoms with E-state index in [1.54, 1.807) is 23.1 Å². The summed E-state index contributed by atoms with van der Waals surface area (Å²) in [6, 6.07) is 6.65. The molecule has 2 aliphatic rings. The first-order valence-corrected chi connectivity index (χ1v) is 14.9. The number of rotatable bonds is 12. The van der Waals surface area contributed by atoms with Gasteiger partial charge in [0, 0.05) is 30.2 Å². The first-order chi connectivity index (χ1) is 21.8. The molecule has 0 unspecified atom stereocenters. The molecule has 2 heterocycles. The number of nitrogens with zero attached hydrogens (tertiary/aromatic N) is 3. The summed E-state index contributed by atoms with van der Waals surface area (Å²) < 4.78 is 60.6. The zero-order chi connectivity index (χ0) is 32.1. The van der Waals surface area contributed by atoms with E-state index >= 15 is 4.39 Å². The molecular formula is C32H33ClF3N3O6. The van der Waals surface area contributed by atoms with Crippen molar-refractivity contribution >= 4 is 28.9 Å². The summed E-state index contributed by atoms with van der Waals surface area (Å²) in [5, 5.41) is 0.699. The van der Waals surface area contributed by atoms with Gasteiger partial charge in [0.1, 0.15) is 20.0 Å². The molecule has 2 aromatic carbocycles. The predicted octanol–water partition coefficient (Wildman–Crippen LogP) is 5.06. The number of likely N-dealkylation sites (tertiary alicyclic amines) is 1. The molecule has 1 fully saturated rings. The van der Waals surface area contributed by atoms with Gasteiger partial charge in [-0.2, -0.15) is 0 Å².